The van der Waals surface area contributed by atoms with Gasteiger partial charge in [-0.2, -0.15) is 0 Å². The van der Waals surface area contributed by atoms with Crippen molar-refractivity contribution in [1.82, 2.24) is 0 Å². The predicted octanol–water partition coefficient (Wildman–Crippen LogP) is 4.75. The maximum atomic E-state index is 3.93. The summed E-state index contributed by atoms with van der Waals surface area (Å²) in [7, 11) is 0. The Kier molecular flexibility index (Phi) is 4.57. The number of allylic oxidation sites excluding steroid dienone is 1. The van der Waals surface area contributed by atoms with E-state index in [-0.39, 0.29) is 6.04 Å². The van der Waals surface area contributed by atoms with Gasteiger partial charge in [-0.15, -0.1) is 13.2 Å². The molecule has 96 valence electrons. The molecule has 0 heterocycles. The van der Waals surface area contributed by atoms with Gasteiger partial charge in [0.2, 0.25) is 0 Å². The molecule has 2 aromatic carbocycles. The lowest BCUT2D eigenvalue weighted by atomic mass is 10.0. The number of nitrogens with one attached hydrogen (secondary N) is 1. The van der Waals surface area contributed by atoms with Gasteiger partial charge in [0.1, 0.15) is 0 Å². The van der Waals surface area contributed by atoms with Crippen molar-refractivity contribution < 1.29 is 0 Å². The number of benzene rings is 2. The SMILES string of the molecule is C=CCc1ccccc1N[C@@H](C=C)c1ccccc1. The average Bonchev–Trinajstić information content (AvgIpc) is 2.47. The van der Waals surface area contributed by atoms with Crippen LogP contribution in [-0.4, -0.2) is 0 Å². The first-order valence-corrected chi connectivity index (χ1v) is 6.48. The van der Waals surface area contributed by atoms with Crippen molar-refractivity contribution in [3.8, 4) is 0 Å². The molecule has 1 N–H and O–H groups in total. The Labute approximate surface area is 115 Å². The van der Waals surface area contributed by atoms with E-state index in [0.29, 0.717) is 0 Å². The van der Waals surface area contributed by atoms with Gasteiger partial charge < -0.3 is 5.32 Å². The van der Waals surface area contributed by atoms with Gasteiger partial charge in [0.25, 0.3) is 0 Å². The highest BCUT2D eigenvalue weighted by Gasteiger charge is 2.08. The zero-order valence-corrected chi connectivity index (χ0v) is 11.0. The molecule has 0 aliphatic rings. The van der Waals surface area contributed by atoms with Crippen LogP contribution >= 0.6 is 0 Å². The summed E-state index contributed by atoms with van der Waals surface area (Å²) in [5, 5.41) is 3.53. The van der Waals surface area contributed by atoms with Crippen LogP contribution in [0.15, 0.2) is 79.9 Å². The van der Waals surface area contributed by atoms with Crippen molar-refractivity contribution in [2.75, 3.05) is 5.32 Å². The normalized spacial score (nSPS) is 11.6. The van der Waals surface area contributed by atoms with Crippen LogP contribution in [0, 0.1) is 0 Å². The third-order valence-electron chi connectivity index (χ3n) is 3.09. The highest BCUT2D eigenvalue weighted by atomic mass is 14.9. The van der Waals surface area contributed by atoms with Gasteiger partial charge in [0.05, 0.1) is 6.04 Å². The molecule has 0 saturated heterocycles. The van der Waals surface area contributed by atoms with Crippen molar-refractivity contribution in [2.24, 2.45) is 0 Å². The molecule has 0 aliphatic carbocycles. The highest BCUT2D eigenvalue weighted by molar-refractivity contribution is 5.54. The standard InChI is InChI=1S/C18H19N/c1-3-10-15-13-8-9-14-18(15)19-17(4-2)16-11-6-5-7-12-16/h3-9,11-14,17,19H,1-2,10H2/t17-/m0/s1. The Bertz CT molecular complexity index is 543. The number of hydrogen-bond acceptors (Lipinski definition) is 1. The van der Waals surface area contributed by atoms with E-state index >= 15 is 0 Å². The predicted molar refractivity (Wildman–Crippen MR) is 83.3 cm³/mol. The first kappa shape index (κ1) is 13.2. The molecule has 0 amide bonds. The first-order valence-electron chi connectivity index (χ1n) is 6.48. The fraction of sp³-hybridized carbons (Fsp3) is 0.111. The molecule has 0 spiro atoms. The van der Waals surface area contributed by atoms with Crippen LogP contribution in [0.2, 0.25) is 0 Å². The third kappa shape index (κ3) is 3.35. The van der Waals surface area contributed by atoms with E-state index in [2.05, 4.69) is 48.8 Å². The quantitative estimate of drug-likeness (QED) is 0.728. The molecule has 0 radical (unpaired) electrons. The lowest BCUT2D eigenvalue weighted by molar-refractivity contribution is 0.981. The van der Waals surface area contributed by atoms with Crippen LogP contribution in [-0.2, 0) is 6.42 Å². The number of hydrogen-bond donors (Lipinski definition) is 1. The molecular formula is C18H19N. The molecule has 19 heavy (non-hydrogen) atoms. The summed E-state index contributed by atoms with van der Waals surface area (Å²) in [4.78, 5) is 0. The lowest BCUT2D eigenvalue weighted by Crippen LogP contribution is -2.09. The van der Waals surface area contributed by atoms with E-state index in [4.69, 9.17) is 0 Å². The fourth-order valence-electron chi connectivity index (χ4n) is 2.10. The summed E-state index contributed by atoms with van der Waals surface area (Å²) in [6, 6.07) is 18.8. The smallest absolute Gasteiger partial charge is 0.0695 e. The Hall–Kier alpha value is -2.28. The fourth-order valence-corrected chi connectivity index (χ4v) is 2.10. The van der Waals surface area contributed by atoms with Crippen LogP contribution in [0.4, 0.5) is 5.69 Å². The maximum absolute atomic E-state index is 3.93. The van der Waals surface area contributed by atoms with Gasteiger partial charge in [-0.25, -0.2) is 0 Å². The van der Waals surface area contributed by atoms with Gasteiger partial charge in [0, 0.05) is 5.69 Å². The van der Waals surface area contributed by atoms with Crippen molar-refractivity contribution in [1.29, 1.82) is 0 Å². The van der Waals surface area contributed by atoms with Gasteiger partial charge in [-0.3, -0.25) is 0 Å². The second-order valence-corrected chi connectivity index (χ2v) is 4.42. The zero-order valence-electron chi connectivity index (χ0n) is 11.0. The van der Waals surface area contributed by atoms with E-state index < -0.39 is 0 Å². The first-order chi connectivity index (χ1) is 9.35. The summed E-state index contributed by atoms with van der Waals surface area (Å²) in [6.07, 6.45) is 4.72. The summed E-state index contributed by atoms with van der Waals surface area (Å²) in [5.41, 5.74) is 3.60. The number of para-hydroxylation sites is 1. The van der Waals surface area contributed by atoms with E-state index in [9.17, 15) is 0 Å². The van der Waals surface area contributed by atoms with Crippen molar-refractivity contribution in [3.05, 3.63) is 91.0 Å². The molecule has 0 aliphatic heterocycles. The van der Waals surface area contributed by atoms with Crippen LogP contribution in [0.25, 0.3) is 0 Å². The second-order valence-electron chi connectivity index (χ2n) is 4.42. The zero-order chi connectivity index (χ0) is 13.5. The monoisotopic (exact) mass is 249 g/mol. The molecule has 1 heteroatoms. The molecule has 1 nitrogen and oxygen atoms in total. The van der Waals surface area contributed by atoms with E-state index in [0.717, 1.165) is 12.1 Å². The Morgan fingerprint density at radius 1 is 0.947 bits per heavy atom. The van der Waals surface area contributed by atoms with Crippen LogP contribution in [0.3, 0.4) is 0 Å². The average molecular weight is 249 g/mol. The minimum atomic E-state index is 0.118. The number of rotatable bonds is 6. The maximum Gasteiger partial charge on any atom is 0.0695 e. The molecule has 0 bridgehead atoms. The van der Waals surface area contributed by atoms with E-state index in [1.807, 2.05) is 36.4 Å². The summed E-state index contributed by atoms with van der Waals surface area (Å²) in [6.45, 7) is 7.73. The topological polar surface area (TPSA) is 12.0 Å². The minimum Gasteiger partial charge on any atom is -0.375 e. The Morgan fingerprint density at radius 2 is 1.63 bits per heavy atom. The van der Waals surface area contributed by atoms with Crippen LogP contribution < -0.4 is 5.32 Å². The Balaban J connectivity index is 2.24. The molecule has 0 saturated carbocycles. The van der Waals surface area contributed by atoms with Gasteiger partial charge in [-0.05, 0) is 23.6 Å². The minimum absolute atomic E-state index is 0.118. The van der Waals surface area contributed by atoms with E-state index in [1.165, 1.54) is 11.1 Å². The van der Waals surface area contributed by atoms with Gasteiger partial charge in [0.15, 0.2) is 0 Å². The molecule has 0 unspecified atom stereocenters. The summed E-state index contributed by atoms with van der Waals surface area (Å²) < 4.78 is 0. The third-order valence-corrected chi connectivity index (χ3v) is 3.09. The molecule has 0 fully saturated rings. The van der Waals surface area contributed by atoms with Crippen LogP contribution in [0.1, 0.15) is 17.2 Å². The van der Waals surface area contributed by atoms with E-state index in [1.54, 1.807) is 0 Å². The molecular weight excluding hydrogens is 230 g/mol. The highest BCUT2D eigenvalue weighted by Crippen LogP contribution is 2.23. The molecule has 2 rings (SSSR count). The van der Waals surface area contributed by atoms with Gasteiger partial charge >= 0.3 is 0 Å². The molecule has 2 aromatic rings. The lowest BCUT2D eigenvalue weighted by Gasteiger charge is -2.19. The van der Waals surface area contributed by atoms with Crippen LogP contribution in [0.5, 0.6) is 0 Å². The second kappa shape index (κ2) is 6.60. The molecule has 1 atom stereocenters. The number of anilines is 1. The largest absolute Gasteiger partial charge is 0.375 e. The molecule has 0 aromatic heterocycles. The van der Waals surface area contributed by atoms with Crippen molar-refractivity contribution >= 4 is 5.69 Å². The van der Waals surface area contributed by atoms with Crippen molar-refractivity contribution in [3.63, 3.8) is 0 Å². The summed E-state index contributed by atoms with van der Waals surface area (Å²) in [5.74, 6) is 0. The summed E-state index contributed by atoms with van der Waals surface area (Å²) >= 11 is 0. The van der Waals surface area contributed by atoms with Gasteiger partial charge in [-0.1, -0.05) is 60.7 Å². The van der Waals surface area contributed by atoms with Crippen molar-refractivity contribution in [2.45, 2.75) is 12.5 Å². The Morgan fingerprint density at radius 3 is 2.32 bits per heavy atom.